The highest BCUT2D eigenvalue weighted by molar-refractivity contribution is 5.93. The smallest absolute Gasteiger partial charge is 0.0159 e. The van der Waals surface area contributed by atoms with Crippen molar-refractivity contribution in [1.82, 2.24) is 0 Å². The van der Waals surface area contributed by atoms with Crippen LogP contribution in [0.1, 0.15) is 221 Å². The van der Waals surface area contributed by atoms with Crippen molar-refractivity contribution >= 4 is 0 Å². The van der Waals surface area contributed by atoms with E-state index in [-0.39, 0.29) is 32.5 Å². The van der Waals surface area contributed by atoms with E-state index in [1.807, 2.05) is 0 Å². The molecule has 7 aliphatic carbocycles. The first-order valence-electron chi connectivity index (χ1n) is 31.2. The fourth-order valence-electron chi connectivity index (χ4n) is 16.3. The lowest BCUT2D eigenvalue weighted by Crippen LogP contribution is -2.23. The Balaban J connectivity index is 0.000000172. The van der Waals surface area contributed by atoms with Crippen LogP contribution in [0.2, 0.25) is 0 Å². The molecule has 0 saturated carbocycles. The average molecular weight is 1080 g/mol. The van der Waals surface area contributed by atoms with Crippen molar-refractivity contribution in [1.29, 1.82) is 0 Å². The average Bonchev–Trinajstić information content (AvgIpc) is 1.78. The molecule has 7 aliphatic rings. The van der Waals surface area contributed by atoms with Crippen LogP contribution in [0, 0.1) is 18.8 Å². The summed E-state index contributed by atoms with van der Waals surface area (Å²) >= 11 is 0. The molecule has 4 unspecified atom stereocenters. The number of aryl methyl sites for hydroxylation is 1. The second kappa shape index (κ2) is 19.0. The predicted molar refractivity (Wildman–Crippen MR) is 353 cm³/mol. The van der Waals surface area contributed by atoms with Gasteiger partial charge in [-0.2, -0.15) is 0 Å². The molecule has 6 aromatic carbocycles. The van der Waals surface area contributed by atoms with E-state index < -0.39 is 0 Å². The van der Waals surface area contributed by atoms with Gasteiger partial charge in [-0.15, -0.1) is 0 Å². The fraction of sp³-hybridized carbons (Fsp3) is 0.390. The van der Waals surface area contributed by atoms with Gasteiger partial charge in [-0.05, 0) is 196 Å². The van der Waals surface area contributed by atoms with E-state index in [4.69, 9.17) is 0 Å². The van der Waals surface area contributed by atoms with Gasteiger partial charge in [-0.3, -0.25) is 0 Å². The summed E-state index contributed by atoms with van der Waals surface area (Å²) in [4.78, 5) is 0. The van der Waals surface area contributed by atoms with Crippen LogP contribution >= 0.6 is 0 Å². The Morgan fingerprint density at radius 1 is 0.549 bits per heavy atom. The van der Waals surface area contributed by atoms with Gasteiger partial charge < -0.3 is 0 Å². The quantitative estimate of drug-likeness (QED) is 0.161. The summed E-state index contributed by atoms with van der Waals surface area (Å²) in [5.41, 5.74) is 37.9. The highest BCUT2D eigenvalue weighted by Gasteiger charge is 2.50. The van der Waals surface area contributed by atoms with Gasteiger partial charge in [0.1, 0.15) is 0 Å². The topological polar surface area (TPSA) is 0 Å². The van der Waals surface area contributed by atoms with Crippen LogP contribution in [0.15, 0.2) is 180 Å². The third kappa shape index (κ3) is 8.56. The van der Waals surface area contributed by atoms with Crippen molar-refractivity contribution in [2.75, 3.05) is 0 Å². The van der Waals surface area contributed by atoms with Gasteiger partial charge >= 0.3 is 0 Å². The van der Waals surface area contributed by atoms with Crippen LogP contribution in [-0.4, -0.2) is 0 Å². The molecular formula is C82H92. The Hall–Kier alpha value is -6.50. The standard InChI is InChI=1S/C48H54.C34H38/c1-13-32-16-14-15-17-36(32)35-20-21-40-44(29(35)2)39-28-42-38(27-43(39)47(40,9)10)37-19-18-30(25-41(37)48(42,11)12)22-31-23-33(45(3,4)5)26-34(24-31)46(6,7)8;1-19-12-13-25-26-17-31-27(18-30(26)34(7,8)29(25)16-19)32-22(4)24(14-15-28(32)33(31,5)6)23-11-9-10-20(2)21(23)3/h14-21,23-28H,13,22H2,1-12H3;9-12,14-18,20,22,25,32H,3,13H2,1-2,4-8H3. The first-order chi connectivity index (χ1) is 38.5. The van der Waals surface area contributed by atoms with Crippen LogP contribution in [0.3, 0.4) is 0 Å². The molecule has 0 heteroatoms. The summed E-state index contributed by atoms with van der Waals surface area (Å²) in [6.45, 7) is 49.5. The van der Waals surface area contributed by atoms with Gasteiger partial charge in [-0.1, -0.05) is 268 Å². The molecular weight excluding hydrogens is 985 g/mol. The van der Waals surface area contributed by atoms with E-state index in [2.05, 4.69) is 278 Å². The first-order valence-corrected chi connectivity index (χ1v) is 31.2. The molecule has 0 spiro atoms. The third-order valence-electron chi connectivity index (χ3n) is 21.6. The molecule has 4 atom stereocenters. The van der Waals surface area contributed by atoms with Crippen LogP contribution < -0.4 is 0 Å². The van der Waals surface area contributed by atoms with Crippen molar-refractivity contribution in [2.24, 2.45) is 11.8 Å². The molecule has 0 aromatic heterocycles. The normalized spacial score (nSPS) is 22.4. The molecule has 0 radical (unpaired) electrons. The van der Waals surface area contributed by atoms with E-state index in [1.165, 1.54) is 111 Å². The molecule has 0 heterocycles. The third-order valence-corrected chi connectivity index (χ3v) is 21.6. The van der Waals surface area contributed by atoms with Crippen LogP contribution in [-0.2, 0) is 45.3 Å². The van der Waals surface area contributed by atoms with Crippen molar-refractivity contribution in [3.8, 4) is 33.4 Å². The lowest BCUT2D eigenvalue weighted by molar-refractivity contribution is 0.533. The van der Waals surface area contributed by atoms with Crippen LogP contribution in [0.25, 0.3) is 33.4 Å². The molecule has 0 saturated heterocycles. The Kier molecular flexibility index (Phi) is 13.0. The maximum atomic E-state index is 4.47. The molecule has 0 amide bonds. The summed E-state index contributed by atoms with van der Waals surface area (Å²) in [5, 5.41) is 0. The molecule has 6 aromatic rings. The zero-order valence-corrected chi connectivity index (χ0v) is 53.4. The monoisotopic (exact) mass is 1080 g/mol. The van der Waals surface area contributed by atoms with Crippen molar-refractivity contribution in [3.63, 3.8) is 0 Å². The molecule has 82 heavy (non-hydrogen) atoms. The van der Waals surface area contributed by atoms with Crippen molar-refractivity contribution in [3.05, 3.63) is 257 Å². The molecule has 0 aliphatic heterocycles. The summed E-state index contributed by atoms with van der Waals surface area (Å²) in [7, 11) is 0. The van der Waals surface area contributed by atoms with E-state index >= 15 is 0 Å². The van der Waals surface area contributed by atoms with Gasteiger partial charge in [-0.25, -0.2) is 0 Å². The van der Waals surface area contributed by atoms with Gasteiger partial charge in [0.15, 0.2) is 0 Å². The highest BCUT2D eigenvalue weighted by atomic mass is 14.5. The zero-order valence-electron chi connectivity index (χ0n) is 53.4. The maximum Gasteiger partial charge on any atom is 0.0159 e. The minimum atomic E-state index is -0.0766. The summed E-state index contributed by atoms with van der Waals surface area (Å²) in [6.07, 6.45) is 19.6. The summed E-state index contributed by atoms with van der Waals surface area (Å²) in [5.74, 6) is 1.83. The SMILES string of the molecule is C=C1C(C2=CC=C3C(c4cc5c(cc4C3(C)C)C3CC=C(C)C=C3C5(C)C)C2C)=CC=CC1C.CCc1ccccc1-c1ccc2c(c1C)-c1cc3c(cc1C2(C)C)-c1ccc(Cc2cc(C(C)(C)C)cc(C(C)(C)C)c2)cc1C3(C)C. The Labute approximate surface area is 495 Å². The molecule has 0 N–H and O–H groups in total. The van der Waals surface area contributed by atoms with Gasteiger partial charge in [0.05, 0.1) is 0 Å². The maximum absolute atomic E-state index is 4.47. The minimum Gasteiger partial charge on any atom is -0.0946 e. The van der Waals surface area contributed by atoms with E-state index in [0.29, 0.717) is 23.7 Å². The molecule has 0 nitrogen and oxygen atoms in total. The van der Waals surface area contributed by atoms with Crippen LogP contribution in [0.4, 0.5) is 0 Å². The van der Waals surface area contributed by atoms with Crippen molar-refractivity contribution < 1.29 is 0 Å². The molecule has 420 valence electrons. The number of allylic oxidation sites excluding steroid dienone is 13. The Morgan fingerprint density at radius 3 is 1.85 bits per heavy atom. The largest absolute Gasteiger partial charge is 0.0946 e. The highest BCUT2D eigenvalue weighted by Crippen LogP contribution is 2.62. The first kappa shape index (κ1) is 56.0. The lowest BCUT2D eigenvalue weighted by Gasteiger charge is -2.34. The number of hydrogen-bond acceptors (Lipinski definition) is 0. The number of benzene rings is 6. The predicted octanol–water partition coefficient (Wildman–Crippen LogP) is 21.9. The van der Waals surface area contributed by atoms with E-state index in [1.54, 1.807) is 33.4 Å². The molecule has 13 rings (SSSR count). The minimum absolute atomic E-state index is 0.0526. The molecule has 0 bridgehead atoms. The fourth-order valence-corrected chi connectivity index (χ4v) is 16.3. The summed E-state index contributed by atoms with van der Waals surface area (Å²) in [6, 6.07) is 38.8. The summed E-state index contributed by atoms with van der Waals surface area (Å²) < 4.78 is 0. The van der Waals surface area contributed by atoms with Gasteiger partial charge in [0, 0.05) is 33.5 Å². The molecule has 0 fully saturated rings. The van der Waals surface area contributed by atoms with Gasteiger partial charge in [0.25, 0.3) is 0 Å². The van der Waals surface area contributed by atoms with Crippen LogP contribution in [0.5, 0.6) is 0 Å². The van der Waals surface area contributed by atoms with Gasteiger partial charge in [0.2, 0.25) is 0 Å². The second-order valence-electron chi connectivity index (χ2n) is 30.2. The Morgan fingerprint density at radius 2 is 1.16 bits per heavy atom. The van der Waals surface area contributed by atoms with Crippen molar-refractivity contribution in [2.45, 2.75) is 195 Å². The second-order valence-corrected chi connectivity index (χ2v) is 30.2. The number of hydrogen-bond donors (Lipinski definition) is 0. The van der Waals surface area contributed by atoms with E-state index in [0.717, 1.165) is 19.3 Å². The Bertz CT molecular complexity index is 3890. The number of rotatable bonds is 5. The van der Waals surface area contributed by atoms with E-state index in [9.17, 15) is 0 Å². The zero-order chi connectivity index (χ0) is 58.7. The number of fused-ring (bicyclic) bond motifs is 12. The lowest BCUT2D eigenvalue weighted by atomic mass is 9.69.